The highest BCUT2D eigenvalue weighted by Crippen LogP contribution is 2.28. The average molecular weight is 278 g/mol. The standard InChI is InChI=1S/C15H26N4O/c1-12(2)8-14(5,10-16)18-19-15(6,11-17)9-13(3,4)20-7/h12H,8-9H2,1-7H3. The van der Waals surface area contributed by atoms with Gasteiger partial charge in [0.2, 0.25) is 0 Å². The molecule has 2 unspecified atom stereocenters. The van der Waals surface area contributed by atoms with E-state index in [1.54, 1.807) is 21.0 Å². The predicted molar refractivity (Wildman–Crippen MR) is 78.1 cm³/mol. The highest BCUT2D eigenvalue weighted by molar-refractivity contribution is 5.09. The highest BCUT2D eigenvalue weighted by atomic mass is 16.5. The number of ether oxygens (including phenoxy) is 1. The fraction of sp³-hybridized carbons (Fsp3) is 0.867. The minimum atomic E-state index is -0.991. The van der Waals surface area contributed by atoms with Gasteiger partial charge in [-0.05, 0) is 40.0 Å². The van der Waals surface area contributed by atoms with Crippen LogP contribution in [0.5, 0.6) is 0 Å². The molecule has 0 spiro atoms. The summed E-state index contributed by atoms with van der Waals surface area (Å²) in [6, 6.07) is 4.35. The second-order valence-corrected chi connectivity index (χ2v) is 6.71. The normalized spacial score (nSPS) is 18.3. The van der Waals surface area contributed by atoms with Crippen LogP contribution >= 0.6 is 0 Å². The van der Waals surface area contributed by atoms with Crippen LogP contribution in [0.4, 0.5) is 0 Å². The lowest BCUT2D eigenvalue weighted by atomic mass is 9.89. The van der Waals surface area contributed by atoms with Crippen molar-refractivity contribution in [2.45, 2.75) is 71.1 Å². The minimum Gasteiger partial charge on any atom is -0.379 e. The topological polar surface area (TPSA) is 81.5 Å². The SMILES string of the molecule is COC(C)(C)CC(C)(C#N)N=NC(C)(C#N)CC(C)C. The van der Waals surface area contributed by atoms with E-state index >= 15 is 0 Å². The van der Waals surface area contributed by atoms with Gasteiger partial charge in [-0.25, -0.2) is 0 Å². The van der Waals surface area contributed by atoms with E-state index in [1.165, 1.54) is 0 Å². The lowest BCUT2D eigenvalue weighted by Gasteiger charge is -2.29. The lowest BCUT2D eigenvalue weighted by molar-refractivity contribution is 0.00462. The van der Waals surface area contributed by atoms with Gasteiger partial charge in [0.05, 0.1) is 17.7 Å². The van der Waals surface area contributed by atoms with Crippen molar-refractivity contribution in [3.63, 3.8) is 0 Å². The first-order valence-corrected chi connectivity index (χ1v) is 6.83. The molecule has 0 aromatic carbocycles. The van der Waals surface area contributed by atoms with Gasteiger partial charge in [-0.2, -0.15) is 20.8 Å². The van der Waals surface area contributed by atoms with Crippen LogP contribution in [0, 0.1) is 28.6 Å². The van der Waals surface area contributed by atoms with Crippen molar-refractivity contribution < 1.29 is 4.74 Å². The van der Waals surface area contributed by atoms with E-state index < -0.39 is 16.7 Å². The van der Waals surface area contributed by atoms with E-state index in [-0.39, 0.29) is 0 Å². The molecule has 0 aromatic heterocycles. The number of azo groups is 1. The Morgan fingerprint density at radius 1 is 1.00 bits per heavy atom. The minimum absolute atomic E-state index is 0.336. The average Bonchev–Trinajstić information content (AvgIpc) is 2.35. The maximum absolute atomic E-state index is 9.35. The maximum Gasteiger partial charge on any atom is 0.167 e. The smallest absolute Gasteiger partial charge is 0.167 e. The summed E-state index contributed by atoms with van der Waals surface area (Å²) < 4.78 is 5.34. The molecule has 0 aliphatic carbocycles. The molecular formula is C15H26N4O. The van der Waals surface area contributed by atoms with Crippen molar-refractivity contribution in [1.29, 1.82) is 10.5 Å². The molecule has 0 bridgehead atoms. The largest absolute Gasteiger partial charge is 0.379 e. The van der Waals surface area contributed by atoms with E-state index in [0.29, 0.717) is 18.8 Å². The Labute approximate surface area is 122 Å². The molecule has 0 fully saturated rings. The van der Waals surface area contributed by atoms with Gasteiger partial charge < -0.3 is 4.74 Å². The van der Waals surface area contributed by atoms with Crippen LogP contribution < -0.4 is 0 Å². The van der Waals surface area contributed by atoms with E-state index in [4.69, 9.17) is 4.74 Å². The fourth-order valence-electron chi connectivity index (χ4n) is 2.12. The quantitative estimate of drug-likeness (QED) is 0.663. The molecule has 0 saturated carbocycles. The molecule has 5 heteroatoms. The third-order valence-corrected chi connectivity index (χ3v) is 3.10. The van der Waals surface area contributed by atoms with Crippen LogP contribution in [-0.2, 0) is 4.74 Å². The van der Waals surface area contributed by atoms with E-state index in [9.17, 15) is 10.5 Å². The van der Waals surface area contributed by atoms with Gasteiger partial charge in [0.25, 0.3) is 0 Å². The maximum atomic E-state index is 9.35. The van der Waals surface area contributed by atoms with Crippen molar-refractivity contribution in [2.75, 3.05) is 7.11 Å². The molecule has 20 heavy (non-hydrogen) atoms. The van der Waals surface area contributed by atoms with Crippen molar-refractivity contribution in [3.05, 3.63) is 0 Å². The summed E-state index contributed by atoms with van der Waals surface area (Å²) in [5.41, 5.74) is -2.34. The van der Waals surface area contributed by atoms with Gasteiger partial charge in [-0.1, -0.05) is 13.8 Å². The third kappa shape index (κ3) is 6.12. The Balaban J connectivity index is 5.17. The zero-order valence-electron chi connectivity index (χ0n) is 13.7. The summed E-state index contributed by atoms with van der Waals surface area (Å²) in [7, 11) is 1.60. The second-order valence-electron chi connectivity index (χ2n) is 6.71. The van der Waals surface area contributed by atoms with E-state index in [0.717, 1.165) is 0 Å². The number of hydrogen-bond donors (Lipinski definition) is 0. The van der Waals surface area contributed by atoms with Crippen molar-refractivity contribution in [2.24, 2.45) is 16.1 Å². The number of rotatable bonds is 7. The second kappa shape index (κ2) is 6.81. The Hall–Kier alpha value is -1.46. The van der Waals surface area contributed by atoms with Gasteiger partial charge in [-0.3, -0.25) is 0 Å². The Kier molecular flexibility index (Phi) is 6.32. The van der Waals surface area contributed by atoms with Crippen molar-refractivity contribution >= 4 is 0 Å². The van der Waals surface area contributed by atoms with Gasteiger partial charge in [0.15, 0.2) is 11.1 Å². The van der Waals surface area contributed by atoms with E-state index in [1.807, 2.05) is 27.7 Å². The summed E-state index contributed by atoms with van der Waals surface area (Å²) in [6.07, 6.45) is 1.03. The monoisotopic (exact) mass is 278 g/mol. The molecule has 2 atom stereocenters. The van der Waals surface area contributed by atoms with Crippen LogP contribution in [-0.4, -0.2) is 23.8 Å². The summed E-state index contributed by atoms with van der Waals surface area (Å²) in [6.45, 7) is 11.3. The molecule has 5 nitrogen and oxygen atoms in total. The molecule has 0 heterocycles. The fourth-order valence-corrected chi connectivity index (χ4v) is 2.12. The Morgan fingerprint density at radius 2 is 1.45 bits per heavy atom. The molecule has 0 radical (unpaired) electrons. The molecule has 0 amide bonds. The van der Waals surface area contributed by atoms with Crippen molar-refractivity contribution in [1.82, 2.24) is 0 Å². The number of methoxy groups -OCH3 is 1. The van der Waals surface area contributed by atoms with Crippen LogP contribution in [0.2, 0.25) is 0 Å². The van der Waals surface area contributed by atoms with Crippen LogP contribution in [0.1, 0.15) is 54.4 Å². The van der Waals surface area contributed by atoms with Gasteiger partial charge in [0.1, 0.15) is 0 Å². The molecule has 0 aliphatic heterocycles. The van der Waals surface area contributed by atoms with Gasteiger partial charge >= 0.3 is 0 Å². The number of nitrogens with zero attached hydrogens (tertiary/aromatic N) is 4. The van der Waals surface area contributed by atoms with Crippen molar-refractivity contribution in [3.8, 4) is 12.1 Å². The van der Waals surface area contributed by atoms with E-state index in [2.05, 4.69) is 22.4 Å². The van der Waals surface area contributed by atoms with Gasteiger partial charge in [-0.15, -0.1) is 0 Å². The molecule has 0 saturated heterocycles. The number of nitriles is 2. The first-order valence-electron chi connectivity index (χ1n) is 6.83. The molecule has 0 aromatic rings. The molecule has 0 rings (SSSR count). The van der Waals surface area contributed by atoms with Crippen LogP contribution in [0.3, 0.4) is 0 Å². The van der Waals surface area contributed by atoms with Crippen LogP contribution in [0.15, 0.2) is 10.2 Å². The lowest BCUT2D eigenvalue weighted by Crippen LogP contribution is -2.35. The number of hydrogen-bond acceptors (Lipinski definition) is 5. The first kappa shape index (κ1) is 18.5. The highest BCUT2D eigenvalue weighted by Gasteiger charge is 2.34. The third-order valence-electron chi connectivity index (χ3n) is 3.10. The zero-order valence-corrected chi connectivity index (χ0v) is 13.7. The predicted octanol–water partition coefficient (Wildman–Crippen LogP) is 3.86. The molecule has 112 valence electrons. The van der Waals surface area contributed by atoms with Crippen LogP contribution in [0.25, 0.3) is 0 Å². The zero-order chi connectivity index (χ0) is 16.0. The Morgan fingerprint density at radius 3 is 1.80 bits per heavy atom. The first-order chi connectivity index (χ1) is 9.01. The van der Waals surface area contributed by atoms with Gasteiger partial charge in [0, 0.05) is 13.5 Å². The summed E-state index contributed by atoms with van der Waals surface area (Å²) in [4.78, 5) is 0. The molecule has 0 N–H and O–H groups in total. The summed E-state index contributed by atoms with van der Waals surface area (Å²) in [5.74, 6) is 0.336. The summed E-state index contributed by atoms with van der Waals surface area (Å²) in [5, 5.41) is 27.0. The molecule has 0 aliphatic rings. The molecular weight excluding hydrogens is 252 g/mol. The Bertz CT molecular complexity index is 430. The summed E-state index contributed by atoms with van der Waals surface area (Å²) >= 11 is 0.